The van der Waals surface area contributed by atoms with Crippen LogP contribution in [0.15, 0.2) is 97.4 Å². The van der Waals surface area contributed by atoms with E-state index in [0.29, 0.717) is 17.1 Å². The van der Waals surface area contributed by atoms with E-state index < -0.39 is 29.0 Å². The van der Waals surface area contributed by atoms with Gasteiger partial charge < -0.3 is 9.47 Å². The molecule has 0 amide bonds. The Balaban J connectivity index is 1.97. The second kappa shape index (κ2) is 13.0. The Hall–Kier alpha value is -3.28. The Morgan fingerprint density at radius 1 is 0.971 bits per heavy atom. The van der Waals surface area contributed by atoms with Crippen LogP contribution < -0.4 is 4.74 Å². The first-order chi connectivity index (χ1) is 16.6. The fraction of sp³-hybridized carbons (Fsp3) is 0.310. The lowest BCUT2D eigenvalue weighted by molar-refractivity contribution is 0.224. The van der Waals surface area contributed by atoms with Crippen molar-refractivity contribution in [1.82, 2.24) is 0 Å². The summed E-state index contributed by atoms with van der Waals surface area (Å²) in [5.41, 5.74) is 0.518. The van der Waals surface area contributed by atoms with E-state index in [1.165, 1.54) is 18.2 Å². The molecule has 1 fully saturated rings. The average Bonchev–Trinajstić information content (AvgIpc) is 2.86. The van der Waals surface area contributed by atoms with Crippen molar-refractivity contribution in [2.24, 2.45) is 5.92 Å². The molecule has 0 aromatic heterocycles. The van der Waals surface area contributed by atoms with Crippen molar-refractivity contribution >= 4 is 0 Å². The maximum atomic E-state index is 14.7. The molecule has 1 saturated carbocycles. The van der Waals surface area contributed by atoms with Crippen LogP contribution in [0.2, 0.25) is 0 Å². The maximum absolute atomic E-state index is 14.7. The lowest BCUT2D eigenvalue weighted by Crippen LogP contribution is -2.13. The fourth-order valence-electron chi connectivity index (χ4n) is 3.81. The fourth-order valence-corrected chi connectivity index (χ4v) is 3.81. The number of benzene rings is 1. The predicted octanol–water partition coefficient (Wildman–Crippen LogP) is 8.73. The summed E-state index contributed by atoms with van der Waals surface area (Å²) in [7, 11) is 0. The number of rotatable bonds is 12. The summed E-state index contributed by atoms with van der Waals surface area (Å²) >= 11 is 0. The van der Waals surface area contributed by atoms with Gasteiger partial charge in [-0.1, -0.05) is 50.6 Å². The summed E-state index contributed by atoms with van der Waals surface area (Å²) in [6, 6.07) is 2.98. The first-order valence-electron chi connectivity index (χ1n) is 11.5. The van der Waals surface area contributed by atoms with Crippen LogP contribution >= 0.6 is 0 Å². The van der Waals surface area contributed by atoms with E-state index in [-0.39, 0.29) is 36.0 Å². The van der Waals surface area contributed by atoms with Gasteiger partial charge in [-0.25, -0.2) is 8.78 Å². The van der Waals surface area contributed by atoms with Gasteiger partial charge in [0.15, 0.2) is 23.2 Å². The second-order valence-corrected chi connectivity index (χ2v) is 8.40. The highest BCUT2D eigenvalue weighted by Gasteiger charge is 2.25. The molecule has 0 saturated heterocycles. The van der Waals surface area contributed by atoms with E-state index in [4.69, 9.17) is 9.47 Å². The molecule has 2 rings (SSSR count). The van der Waals surface area contributed by atoms with Crippen molar-refractivity contribution in [3.05, 3.63) is 115 Å². The summed E-state index contributed by atoms with van der Waals surface area (Å²) in [6.07, 6.45) is 8.10. The van der Waals surface area contributed by atoms with Gasteiger partial charge in [-0.05, 0) is 67.2 Å². The van der Waals surface area contributed by atoms with E-state index in [2.05, 4.69) is 32.9 Å². The van der Waals surface area contributed by atoms with E-state index in [1.807, 2.05) is 6.08 Å². The van der Waals surface area contributed by atoms with E-state index in [1.54, 1.807) is 13.0 Å². The Morgan fingerprint density at radius 2 is 1.63 bits per heavy atom. The average molecular weight is 489 g/mol. The normalized spacial score (nSPS) is 18.5. The number of hydrogen-bond donors (Lipinski definition) is 0. The molecule has 1 aromatic carbocycles. The predicted molar refractivity (Wildman–Crippen MR) is 133 cm³/mol. The van der Waals surface area contributed by atoms with Gasteiger partial charge in [0.25, 0.3) is 0 Å². The zero-order chi connectivity index (χ0) is 26.1. The van der Waals surface area contributed by atoms with Gasteiger partial charge in [-0.2, -0.15) is 8.78 Å². The van der Waals surface area contributed by atoms with Crippen molar-refractivity contribution < 1.29 is 27.0 Å². The molecule has 6 heteroatoms. The molecule has 0 aliphatic heterocycles. The van der Waals surface area contributed by atoms with Crippen molar-refractivity contribution in [3.63, 3.8) is 0 Å². The highest BCUT2D eigenvalue weighted by atomic mass is 19.2. The Bertz CT molecular complexity index is 1060. The summed E-state index contributed by atoms with van der Waals surface area (Å²) in [5.74, 6) is -4.71. The largest absolute Gasteiger partial charge is 0.491 e. The third kappa shape index (κ3) is 7.35. The van der Waals surface area contributed by atoms with Gasteiger partial charge in [-0.15, -0.1) is 6.58 Å². The number of ether oxygens (including phenoxy) is 2. The molecule has 35 heavy (non-hydrogen) atoms. The van der Waals surface area contributed by atoms with Crippen LogP contribution in [0, 0.1) is 17.6 Å². The minimum Gasteiger partial charge on any atom is -0.491 e. The molecule has 0 atom stereocenters. The van der Waals surface area contributed by atoms with Gasteiger partial charge in [-0.3, -0.25) is 0 Å². The molecular weight excluding hydrogens is 456 g/mol. The molecule has 0 spiro atoms. The summed E-state index contributed by atoms with van der Waals surface area (Å²) in [6.45, 7) is 19.6. The van der Waals surface area contributed by atoms with E-state index in [0.717, 1.165) is 25.7 Å². The third-order valence-electron chi connectivity index (χ3n) is 5.96. The maximum Gasteiger partial charge on any atom is 0.200 e. The van der Waals surface area contributed by atoms with Crippen molar-refractivity contribution in [2.45, 2.75) is 38.5 Å². The van der Waals surface area contributed by atoms with Gasteiger partial charge in [0.05, 0.1) is 6.61 Å². The van der Waals surface area contributed by atoms with Crippen molar-refractivity contribution in [2.75, 3.05) is 13.2 Å². The zero-order valence-electron chi connectivity index (χ0n) is 20.1. The number of halogens is 4. The van der Waals surface area contributed by atoms with Gasteiger partial charge in [0.2, 0.25) is 11.6 Å². The van der Waals surface area contributed by atoms with E-state index >= 15 is 0 Å². The molecule has 1 aromatic rings. The molecule has 1 aliphatic rings. The quantitative estimate of drug-likeness (QED) is 0.127. The zero-order valence-corrected chi connectivity index (χ0v) is 20.1. The van der Waals surface area contributed by atoms with Crippen molar-refractivity contribution in [3.8, 4) is 5.75 Å². The molecule has 0 unspecified atom stereocenters. The van der Waals surface area contributed by atoms with Crippen LogP contribution in [0.25, 0.3) is 0 Å². The summed E-state index contributed by atoms with van der Waals surface area (Å²) < 4.78 is 67.8. The Kier molecular flexibility index (Phi) is 10.4. The third-order valence-corrected chi connectivity index (χ3v) is 5.96. The van der Waals surface area contributed by atoms with Gasteiger partial charge in [0.1, 0.15) is 6.61 Å². The lowest BCUT2D eigenvalue weighted by Gasteiger charge is -2.27. The monoisotopic (exact) mass is 488 g/mol. The van der Waals surface area contributed by atoms with Crippen LogP contribution in [0.5, 0.6) is 5.75 Å². The molecule has 2 nitrogen and oxygen atoms in total. The van der Waals surface area contributed by atoms with Gasteiger partial charge in [0, 0.05) is 5.57 Å². The van der Waals surface area contributed by atoms with Crippen LogP contribution in [-0.4, -0.2) is 13.2 Å². The topological polar surface area (TPSA) is 18.5 Å². The molecule has 1 aliphatic carbocycles. The van der Waals surface area contributed by atoms with Crippen LogP contribution in [0.3, 0.4) is 0 Å². The second-order valence-electron chi connectivity index (χ2n) is 8.40. The van der Waals surface area contributed by atoms with Crippen LogP contribution in [0.4, 0.5) is 17.6 Å². The van der Waals surface area contributed by atoms with Gasteiger partial charge >= 0.3 is 0 Å². The highest BCUT2D eigenvalue weighted by molar-refractivity contribution is 5.49. The van der Waals surface area contributed by atoms with Crippen molar-refractivity contribution in [1.29, 1.82) is 0 Å². The molecular formula is C29H32F4O2. The standard InChI is InChI=1S/C29H32F4O2/c1-7-22-11-13-23(14-12-22)24-15-16-25(29(33)28(24)32)35-17-18(3)9-10-19(4)20(5)26(30)27(31)21(6)34-8-2/h7,9-10,15-16,22-23H,1,3-6,8,11-14,17H2,2H3/b10-9-,27-26-. The molecule has 0 bridgehead atoms. The first kappa shape index (κ1) is 28.0. The SMILES string of the molecule is C=CC1CCC(c2ccc(OCC(=C)/C=C\C(=C)C(=C)/C(F)=C(/F)C(=C)OCC)c(F)c2F)CC1. The Morgan fingerprint density at radius 3 is 2.23 bits per heavy atom. The smallest absolute Gasteiger partial charge is 0.200 e. The van der Waals surface area contributed by atoms with Crippen LogP contribution in [0.1, 0.15) is 44.1 Å². The molecule has 0 N–H and O–H groups in total. The number of allylic oxidation sites excluding steroid dienone is 6. The Labute approximate surface area is 205 Å². The minimum absolute atomic E-state index is 0.0308. The number of hydrogen-bond acceptors (Lipinski definition) is 2. The summed E-state index contributed by atoms with van der Waals surface area (Å²) in [5, 5.41) is 0. The minimum atomic E-state index is -1.26. The first-order valence-corrected chi connectivity index (χ1v) is 11.5. The molecule has 0 heterocycles. The van der Waals surface area contributed by atoms with Crippen LogP contribution in [-0.2, 0) is 4.74 Å². The highest BCUT2D eigenvalue weighted by Crippen LogP contribution is 2.39. The molecule has 188 valence electrons. The molecule has 0 radical (unpaired) electrons. The summed E-state index contributed by atoms with van der Waals surface area (Å²) in [4.78, 5) is 0. The lowest BCUT2D eigenvalue weighted by atomic mass is 9.78. The van der Waals surface area contributed by atoms with E-state index in [9.17, 15) is 17.6 Å².